The standard InChI is InChI=1S/C16H33N3O2/c1-13(2)12-19(11-10-18(3)4)9-7-14-6-5-8-16(14,17)15(20)21/h13-14H,5-12,17H2,1-4H3,(H,20,21). The van der Waals surface area contributed by atoms with E-state index < -0.39 is 11.5 Å². The van der Waals surface area contributed by atoms with E-state index in [1.807, 2.05) is 0 Å². The average molecular weight is 299 g/mol. The topological polar surface area (TPSA) is 69.8 Å². The number of aliphatic carboxylic acids is 1. The molecule has 1 aliphatic carbocycles. The maximum atomic E-state index is 11.4. The molecule has 0 radical (unpaired) electrons. The Kier molecular flexibility index (Phi) is 7.10. The second-order valence-corrected chi connectivity index (χ2v) is 7.22. The summed E-state index contributed by atoms with van der Waals surface area (Å²) in [6, 6.07) is 0. The molecule has 0 aromatic rings. The number of carboxylic acid groups (broad SMARTS) is 1. The van der Waals surface area contributed by atoms with E-state index >= 15 is 0 Å². The number of carbonyl (C=O) groups is 1. The van der Waals surface area contributed by atoms with E-state index in [-0.39, 0.29) is 5.92 Å². The average Bonchev–Trinajstić information content (AvgIpc) is 2.75. The molecular formula is C16H33N3O2. The molecule has 0 aromatic heterocycles. The predicted molar refractivity (Wildman–Crippen MR) is 86.3 cm³/mol. The molecule has 1 aliphatic rings. The lowest BCUT2D eigenvalue weighted by Gasteiger charge is -2.31. The van der Waals surface area contributed by atoms with Gasteiger partial charge in [-0.2, -0.15) is 0 Å². The Hall–Kier alpha value is -0.650. The smallest absolute Gasteiger partial charge is 0.323 e. The van der Waals surface area contributed by atoms with Crippen LogP contribution in [0.3, 0.4) is 0 Å². The van der Waals surface area contributed by atoms with Crippen LogP contribution in [0.4, 0.5) is 0 Å². The first-order valence-electron chi connectivity index (χ1n) is 8.15. The number of carboxylic acids is 1. The minimum atomic E-state index is -0.995. The largest absolute Gasteiger partial charge is 0.480 e. The third kappa shape index (κ3) is 5.57. The third-order valence-electron chi connectivity index (χ3n) is 4.55. The molecule has 0 aromatic carbocycles. The summed E-state index contributed by atoms with van der Waals surface area (Å²) in [6.07, 6.45) is 3.40. The molecule has 0 spiro atoms. The van der Waals surface area contributed by atoms with Crippen molar-refractivity contribution in [3.63, 3.8) is 0 Å². The molecule has 0 amide bonds. The zero-order valence-electron chi connectivity index (χ0n) is 14.1. The maximum absolute atomic E-state index is 11.4. The summed E-state index contributed by atoms with van der Waals surface area (Å²) in [4.78, 5) is 16.1. The van der Waals surface area contributed by atoms with Crippen LogP contribution in [0.1, 0.15) is 39.5 Å². The van der Waals surface area contributed by atoms with Crippen molar-refractivity contribution in [3.8, 4) is 0 Å². The van der Waals surface area contributed by atoms with E-state index in [4.69, 9.17) is 5.73 Å². The minimum absolute atomic E-state index is 0.115. The van der Waals surface area contributed by atoms with Crippen LogP contribution in [-0.4, -0.2) is 66.7 Å². The van der Waals surface area contributed by atoms with Crippen LogP contribution in [0.2, 0.25) is 0 Å². The Morgan fingerprint density at radius 3 is 2.52 bits per heavy atom. The fraction of sp³-hybridized carbons (Fsp3) is 0.938. The normalized spacial score (nSPS) is 26.2. The van der Waals surface area contributed by atoms with E-state index in [0.717, 1.165) is 45.4 Å². The molecular weight excluding hydrogens is 266 g/mol. The van der Waals surface area contributed by atoms with Gasteiger partial charge in [0.05, 0.1) is 0 Å². The van der Waals surface area contributed by atoms with Gasteiger partial charge in [0.2, 0.25) is 0 Å². The van der Waals surface area contributed by atoms with Gasteiger partial charge >= 0.3 is 5.97 Å². The molecule has 21 heavy (non-hydrogen) atoms. The minimum Gasteiger partial charge on any atom is -0.480 e. The van der Waals surface area contributed by atoms with E-state index in [1.165, 1.54) is 0 Å². The number of nitrogens with zero attached hydrogens (tertiary/aromatic N) is 2. The van der Waals surface area contributed by atoms with Crippen molar-refractivity contribution >= 4 is 5.97 Å². The summed E-state index contributed by atoms with van der Waals surface area (Å²) in [5, 5.41) is 9.38. The molecule has 124 valence electrons. The molecule has 1 saturated carbocycles. The van der Waals surface area contributed by atoms with Gasteiger partial charge in [-0.1, -0.05) is 20.3 Å². The van der Waals surface area contributed by atoms with Gasteiger partial charge in [0.15, 0.2) is 0 Å². The maximum Gasteiger partial charge on any atom is 0.323 e. The fourth-order valence-electron chi connectivity index (χ4n) is 3.28. The van der Waals surface area contributed by atoms with Gasteiger partial charge in [-0.25, -0.2) is 0 Å². The van der Waals surface area contributed by atoms with Crippen molar-refractivity contribution in [1.29, 1.82) is 0 Å². The van der Waals surface area contributed by atoms with Crippen molar-refractivity contribution in [3.05, 3.63) is 0 Å². The molecule has 3 N–H and O–H groups in total. The molecule has 2 atom stereocenters. The van der Waals surface area contributed by atoms with Gasteiger partial charge in [0, 0.05) is 19.6 Å². The van der Waals surface area contributed by atoms with Gasteiger partial charge in [-0.3, -0.25) is 4.79 Å². The Morgan fingerprint density at radius 1 is 1.33 bits per heavy atom. The Morgan fingerprint density at radius 2 is 2.00 bits per heavy atom. The molecule has 5 nitrogen and oxygen atoms in total. The summed E-state index contributed by atoms with van der Waals surface area (Å²) in [5.41, 5.74) is 5.13. The van der Waals surface area contributed by atoms with Crippen molar-refractivity contribution in [2.75, 3.05) is 40.3 Å². The lowest BCUT2D eigenvalue weighted by Crippen LogP contribution is -2.51. The zero-order chi connectivity index (χ0) is 16.0. The molecule has 1 fully saturated rings. The first-order valence-corrected chi connectivity index (χ1v) is 8.15. The molecule has 0 saturated heterocycles. The zero-order valence-corrected chi connectivity index (χ0v) is 14.1. The highest BCUT2D eigenvalue weighted by Crippen LogP contribution is 2.36. The van der Waals surface area contributed by atoms with Crippen molar-refractivity contribution in [2.45, 2.75) is 45.1 Å². The molecule has 0 bridgehead atoms. The highest BCUT2D eigenvalue weighted by molar-refractivity contribution is 5.79. The number of hydrogen-bond donors (Lipinski definition) is 2. The van der Waals surface area contributed by atoms with Crippen LogP contribution in [0.25, 0.3) is 0 Å². The van der Waals surface area contributed by atoms with Gasteiger partial charge in [-0.05, 0) is 51.7 Å². The number of rotatable bonds is 9. The summed E-state index contributed by atoms with van der Waals surface area (Å²) in [7, 11) is 4.17. The van der Waals surface area contributed by atoms with E-state index in [1.54, 1.807) is 0 Å². The lowest BCUT2D eigenvalue weighted by molar-refractivity contribution is -0.144. The van der Waals surface area contributed by atoms with Crippen LogP contribution in [-0.2, 0) is 4.79 Å². The first kappa shape index (κ1) is 18.4. The van der Waals surface area contributed by atoms with Gasteiger partial charge in [0.1, 0.15) is 5.54 Å². The van der Waals surface area contributed by atoms with Crippen molar-refractivity contribution < 1.29 is 9.90 Å². The van der Waals surface area contributed by atoms with E-state index in [9.17, 15) is 9.90 Å². The molecule has 1 rings (SSSR count). The van der Waals surface area contributed by atoms with Gasteiger partial charge in [-0.15, -0.1) is 0 Å². The number of hydrogen-bond acceptors (Lipinski definition) is 4. The Labute approximate surface area is 129 Å². The van der Waals surface area contributed by atoms with Crippen molar-refractivity contribution in [2.24, 2.45) is 17.6 Å². The monoisotopic (exact) mass is 299 g/mol. The number of nitrogens with two attached hydrogens (primary N) is 1. The molecule has 5 heteroatoms. The highest BCUT2D eigenvalue weighted by atomic mass is 16.4. The summed E-state index contributed by atoms with van der Waals surface area (Å²) in [5.74, 6) is -0.0874. The fourth-order valence-corrected chi connectivity index (χ4v) is 3.28. The van der Waals surface area contributed by atoms with Crippen LogP contribution >= 0.6 is 0 Å². The van der Waals surface area contributed by atoms with Crippen LogP contribution in [0, 0.1) is 11.8 Å². The summed E-state index contributed by atoms with van der Waals surface area (Å²) in [6.45, 7) is 8.52. The van der Waals surface area contributed by atoms with Gasteiger partial charge < -0.3 is 20.6 Å². The SMILES string of the molecule is CC(C)CN(CCC1CCCC1(N)C(=O)O)CCN(C)C. The second kappa shape index (κ2) is 8.11. The van der Waals surface area contributed by atoms with Gasteiger partial charge in [0.25, 0.3) is 0 Å². The van der Waals surface area contributed by atoms with E-state index in [2.05, 4.69) is 37.7 Å². The predicted octanol–water partition coefficient (Wildman–Crippen LogP) is 1.48. The second-order valence-electron chi connectivity index (χ2n) is 7.22. The third-order valence-corrected chi connectivity index (χ3v) is 4.55. The molecule has 2 unspecified atom stereocenters. The molecule has 0 aliphatic heterocycles. The quantitative estimate of drug-likeness (QED) is 0.675. The van der Waals surface area contributed by atoms with Crippen molar-refractivity contribution in [1.82, 2.24) is 9.80 Å². The Bertz CT molecular complexity index is 333. The summed E-state index contributed by atoms with van der Waals surface area (Å²) < 4.78 is 0. The lowest BCUT2D eigenvalue weighted by atomic mass is 9.85. The van der Waals surface area contributed by atoms with E-state index in [0.29, 0.717) is 12.3 Å². The van der Waals surface area contributed by atoms with Crippen LogP contribution < -0.4 is 5.73 Å². The van der Waals surface area contributed by atoms with Crippen LogP contribution in [0.5, 0.6) is 0 Å². The first-order chi connectivity index (χ1) is 9.75. The van der Waals surface area contributed by atoms with Crippen LogP contribution in [0.15, 0.2) is 0 Å². The highest BCUT2D eigenvalue weighted by Gasteiger charge is 2.45. The molecule has 0 heterocycles. The summed E-state index contributed by atoms with van der Waals surface area (Å²) >= 11 is 0. The Balaban J connectivity index is 2.53. The number of likely N-dealkylation sites (N-methyl/N-ethyl adjacent to an activating group) is 1.